The van der Waals surface area contributed by atoms with E-state index in [0.29, 0.717) is 51.7 Å². The average Bonchev–Trinajstić information content (AvgIpc) is 2.48. The molecular weight excluding hydrogens is 300 g/mol. The summed E-state index contributed by atoms with van der Waals surface area (Å²) in [4.78, 5) is 11.8. The van der Waals surface area contributed by atoms with Crippen molar-refractivity contribution in [2.75, 3.05) is 40.1 Å². The van der Waals surface area contributed by atoms with E-state index in [9.17, 15) is 4.79 Å². The minimum Gasteiger partial charge on any atom is -0.395 e. The maximum Gasteiger partial charge on any atom is 0.334 e. The van der Waals surface area contributed by atoms with Gasteiger partial charge in [0.05, 0.1) is 13.2 Å². The maximum atomic E-state index is 11.8. The minimum atomic E-state index is -2.01. The topological polar surface area (TPSA) is 54.0 Å². The Morgan fingerprint density at radius 3 is 2.14 bits per heavy atom. The molecule has 0 N–H and O–H groups in total. The van der Waals surface area contributed by atoms with E-state index in [0.717, 1.165) is 25.3 Å². The predicted octanol–water partition coefficient (Wildman–Crippen LogP) is 3.31. The summed E-state index contributed by atoms with van der Waals surface area (Å²) in [5.41, 5.74) is 0. The normalized spacial score (nSPS) is 11.8. The molecule has 6 heteroatoms. The van der Waals surface area contributed by atoms with Crippen LogP contribution in [0.25, 0.3) is 0 Å². The summed E-state index contributed by atoms with van der Waals surface area (Å²) in [6, 6.07) is 0.960. The maximum absolute atomic E-state index is 11.8. The third-order valence-electron chi connectivity index (χ3n) is 3.41. The Labute approximate surface area is 136 Å². The van der Waals surface area contributed by atoms with E-state index in [1.807, 2.05) is 13.8 Å². The second kappa shape index (κ2) is 14.3. The number of hydrogen-bond acceptors (Lipinski definition) is 5. The third kappa shape index (κ3) is 12.3. The van der Waals surface area contributed by atoms with Gasteiger partial charge in [-0.25, -0.2) is 0 Å². The minimum absolute atomic E-state index is 0.325. The molecule has 5 nitrogen and oxygen atoms in total. The van der Waals surface area contributed by atoms with Gasteiger partial charge < -0.3 is 18.3 Å². The summed E-state index contributed by atoms with van der Waals surface area (Å²) in [5, 5.41) is 0. The molecule has 0 fully saturated rings. The van der Waals surface area contributed by atoms with Crippen LogP contribution in [0.2, 0.25) is 12.6 Å². The van der Waals surface area contributed by atoms with Gasteiger partial charge in [-0.05, 0) is 39.3 Å². The summed E-state index contributed by atoms with van der Waals surface area (Å²) in [6.45, 7) is 9.35. The molecule has 0 atom stereocenters. The SMILES string of the molecule is CCO[Si](C)(CCCCC(=O)CCCOCCOC)OCC. The fourth-order valence-corrected chi connectivity index (χ4v) is 4.79. The lowest BCUT2D eigenvalue weighted by atomic mass is 10.1. The Kier molecular flexibility index (Phi) is 14.1. The fraction of sp³-hybridized carbons (Fsp3) is 0.938. The first kappa shape index (κ1) is 21.7. The summed E-state index contributed by atoms with van der Waals surface area (Å²) in [5.74, 6) is 0.325. The predicted molar refractivity (Wildman–Crippen MR) is 90.5 cm³/mol. The van der Waals surface area contributed by atoms with E-state index < -0.39 is 8.56 Å². The Bertz CT molecular complexity index is 267. The highest BCUT2D eigenvalue weighted by Crippen LogP contribution is 2.18. The Balaban J connectivity index is 3.62. The molecule has 0 bridgehead atoms. The van der Waals surface area contributed by atoms with Crippen molar-refractivity contribution in [1.29, 1.82) is 0 Å². The van der Waals surface area contributed by atoms with Crippen LogP contribution in [0, 0.1) is 0 Å². The van der Waals surface area contributed by atoms with Crippen molar-refractivity contribution in [2.24, 2.45) is 0 Å². The molecule has 0 heterocycles. The molecule has 132 valence electrons. The van der Waals surface area contributed by atoms with E-state index in [-0.39, 0.29) is 0 Å². The molecule has 0 saturated carbocycles. The zero-order valence-corrected chi connectivity index (χ0v) is 15.8. The number of rotatable bonds is 16. The van der Waals surface area contributed by atoms with Crippen LogP contribution in [-0.4, -0.2) is 54.5 Å². The van der Waals surface area contributed by atoms with Crippen LogP contribution in [0.5, 0.6) is 0 Å². The molecule has 0 aromatic carbocycles. The molecule has 0 aliphatic rings. The monoisotopic (exact) mass is 334 g/mol. The lowest BCUT2D eigenvalue weighted by molar-refractivity contribution is -0.119. The van der Waals surface area contributed by atoms with E-state index in [2.05, 4.69) is 6.55 Å². The lowest BCUT2D eigenvalue weighted by Crippen LogP contribution is -2.38. The molecular formula is C16H34O5Si. The van der Waals surface area contributed by atoms with Crippen LogP contribution in [0.4, 0.5) is 0 Å². The van der Waals surface area contributed by atoms with E-state index in [4.69, 9.17) is 18.3 Å². The molecule has 0 saturated heterocycles. The van der Waals surface area contributed by atoms with Gasteiger partial charge in [-0.15, -0.1) is 0 Å². The highest BCUT2D eigenvalue weighted by molar-refractivity contribution is 6.66. The molecule has 0 spiro atoms. The number of unbranched alkanes of at least 4 members (excludes halogenated alkanes) is 1. The highest BCUT2D eigenvalue weighted by atomic mass is 28.4. The number of carbonyl (C=O) groups excluding carboxylic acids is 1. The first-order valence-electron chi connectivity index (χ1n) is 8.44. The number of ether oxygens (including phenoxy) is 2. The Morgan fingerprint density at radius 2 is 1.55 bits per heavy atom. The van der Waals surface area contributed by atoms with Crippen LogP contribution in [0.15, 0.2) is 0 Å². The number of carbonyl (C=O) groups is 1. The van der Waals surface area contributed by atoms with Gasteiger partial charge in [0.25, 0.3) is 0 Å². The average molecular weight is 335 g/mol. The van der Waals surface area contributed by atoms with Crippen molar-refractivity contribution < 1.29 is 23.1 Å². The van der Waals surface area contributed by atoms with Gasteiger partial charge in [-0.3, -0.25) is 4.79 Å². The van der Waals surface area contributed by atoms with Gasteiger partial charge >= 0.3 is 8.56 Å². The molecule has 0 radical (unpaired) electrons. The molecule has 0 aromatic rings. The van der Waals surface area contributed by atoms with Gasteiger partial charge in [0.2, 0.25) is 0 Å². The molecule has 0 aliphatic heterocycles. The van der Waals surface area contributed by atoms with Gasteiger partial charge in [-0.1, -0.05) is 6.42 Å². The van der Waals surface area contributed by atoms with Crippen LogP contribution < -0.4 is 0 Å². The first-order valence-corrected chi connectivity index (χ1v) is 11.0. The standard InChI is InChI=1S/C16H34O5Si/c1-5-20-22(4,21-6-2)15-8-7-10-16(17)11-9-12-19-14-13-18-3/h5-15H2,1-4H3. The van der Waals surface area contributed by atoms with Crippen molar-refractivity contribution in [1.82, 2.24) is 0 Å². The van der Waals surface area contributed by atoms with Gasteiger partial charge in [-0.2, -0.15) is 0 Å². The van der Waals surface area contributed by atoms with Crippen LogP contribution in [0.3, 0.4) is 0 Å². The van der Waals surface area contributed by atoms with Gasteiger partial charge in [0, 0.05) is 39.8 Å². The summed E-state index contributed by atoms with van der Waals surface area (Å²) < 4.78 is 21.8. The van der Waals surface area contributed by atoms with Crippen molar-refractivity contribution in [3.63, 3.8) is 0 Å². The third-order valence-corrected chi connectivity index (χ3v) is 6.47. The van der Waals surface area contributed by atoms with Crippen molar-refractivity contribution in [3.05, 3.63) is 0 Å². The molecule has 0 unspecified atom stereocenters. The number of Topliss-reactive ketones (excluding diaryl/α,β-unsaturated/α-hetero) is 1. The number of ketones is 1. The smallest absolute Gasteiger partial charge is 0.334 e. The zero-order chi connectivity index (χ0) is 16.7. The second-order valence-corrected chi connectivity index (χ2v) is 8.80. The van der Waals surface area contributed by atoms with E-state index in [1.165, 1.54) is 0 Å². The molecule has 0 amide bonds. The van der Waals surface area contributed by atoms with Crippen molar-refractivity contribution in [3.8, 4) is 0 Å². The summed E-state index contributed by atoms with van der Waals surface area (Å²) >= 11 is 0. The number of methoxy groups -OCH3 is 1. The van der Waals surface area contributed by atoms with E-state index in [1.54, 1.807) is 7.11 Å². The van der Waals surface area contributed by atoms with Crippen molar-refractivity contribution in [2.45, 2.75) is 58.5 Å². The zero-order valence-electron chi connectivity index (χ0n) is 14.8. The lowest BCUT2D eigenvalue weighted by Gasteiger charge is -2.25. The molecule has 22 heavy (non-hydrogen) atoms. The summed E-state index contributed by atoms with van der Waals surface area (Å²) in [6.07, 6.45) is 3.98. The Hall–Kier alpha value is -0.273. The van der Waals surface area contributed by atoms with Crippen molar-refractivity contribution >= 4 is 14.3 Å². The molecule has 0 rings (SSSR count). The van der Waals surface area contributed by atoms with Crippen LogP contribution in [-0.2, 0) is 23.1 Å². The second-order valence-electron chi connectivity index (χ2n) is 5.45. The van der Waals surface area contributed by atoms with E-state index >= 15 is 0 Å². The molecule has 0 aromatic heterocycles. The largest absolute Gasteiger partial charge is 0.395 e. The van der Waals surface area contributed by atoms with Gasteiger partial charge in [0.15, 0.2) is 0 Å². The quantitative estimate of drug-likeness (QED) is 0.320. The van der Waals surface area contributed by atoms with Crippen LogP contribution >= 0.6 is 0 Å². The van der Waals surface area contributed by atoms with Crippen LogP contribution in [0.1, 0.15) is 46.0 Å². The fourth-order valence-electron chi connectivity index (χ4n) is 2.31. The number of hydrogen-bond donors (Lipinski definition) is 0. The Morgan fingerprint density at radius 1 is 0.909 bits per heavy atom. The highest BCUT2D eigenvalue weighted by Gasteiger charge is 2.29. The first-order chi connectivity index (χ1) is 10.6. The summed E-state index contributed by atoms with van der Waals surface area (Å²) in [7, 11) is -0.358. The molecule has 0 aliphatic carbocycles. The van der Waals surface area contributed by atoms with Gasteiger partial charge in [0.1, 0.15) is 5.78 Å².